The van der Waals surface area contributed by atoms with E-state index in [1.54, 1.807) is 23.8 Å². The zero-order valence-electron chi connectivity index (χ0n) is 17.7. The number of amides is 2. The van der Waals surface area contributed by atoms with Crippen LogP contribution in [0.1, 0.15) is 36.0 Å². The topological polar surface area (TPSA) is 70.1 Å². The number of aliphatic hydroxyl groups is 1. The molecule has 2 saturated heterocycles. The van der Waals surface area contributed by atoms with Crippen molar-refractivity contribution in [2.45, 2.75) is 31.3 Å². The molecule has 3 atom stereocenters. The molecule has 2 aliphatic heterocycles. The van der Waals surface area contributed by atoms with Gasteiger partial charge < -0.3 is 19.6 Å². The lowest BCUT2D eigenvalue weighted by Crippen LogP contribution is -2.73. The number of nitrogens with zero attached hydrogens (tertiary/aromatic N) is 2. The highest BCUT2D eigenvalue weighted by Crippen LogP contribution is 2.42. The van der Waals surface area contributed by atoms with E-state index < -0.39 is 0 Å². The van der Waals surface area contributed by atoms with Crippen LogP contribution in [-0.4, -0.2) is 65.6 Å². The molecule has 6 nitrogen and oxygen atoms in total. The predicted octanol–water partition coefficient (Wildman–Crippen LogP) is 2.00. The summed E-state index contributed by atoms with van der Waals surface area (Å²) in [7, 11) is 1.63. The van der Waals surface area contributed by atoms with Crippen LogP contribution < -0.4 is 4.74 Å². The first-order chi connectivity index (χ1) is 15.0. The summed E-state index contributed by atoms with van der Waals surface area (Å²) in [6.07, 6.45) is 0.384. The van der Waals surface area contributed by atoms with E-state index in [0.29, 0.717) is 13.0 Å². The second-order valence-corrected chi connectivity index (χ2v) is 7.88. The maximum absolute atomic E-state index is 12.5. The van der Waals surface area contributed by atoms with E-state index in [9.17, 15) is 14.7 Å². The van der Waals surface area contributed by atoms with Crippen molar-refractivity contribution >= 4 is 11.8 Å². The van der Waals surface area contributed by atoms with Gasteiger partial charge in [0.1, 0.15) is 5.75 Å². The van der Waals surface area contributed by atoms with Gasteiger partial charge in [-0.25, -0.2) is 0 Å². The zero-order valence-corrected chi connectivity index (χ0v) is 17.7. The Hall–Kier alpha value is -3.30. The average molecular weight is 418 g/mol. The summed E-state index contributed by atoms with van der Waals surface area (Å²) in [5.41, 5.74) is 2.80. The highest BCUT2D eigenvalue weighted by molar-refractivity contribution is 5.87. The van der Waals surface area contributed by atoms with Gasteiger partial charge in [-0.15, -0.1) is 0 Å². The van der Waals surface area contributed by atoms with Crippen LogP contribution in [0.5, 0.6) is 5.75 Å². The van der Waals surface area contributed by atoms with Crippen LogP contribution in [0.15, 0.2) is 48.5 Å². The molecule has 0 aliphatic carbocycles. The molecule has 4 rings (SSSR count). The molecule has 2 aliphatic rings. The van der Waals surface area contributed by atoms with Crippen molar-refractivity contribution in [3.8, 4) is 17.6 Å². The van der Waals surface area contributed by atoms with Crippen molar-refractivity contribution in [3.63, 3.8) is 0 Å². The van der Waals surface area contributed by atoms with Crippen LogP contribution in [0.2, 0.25) is 0 Å². The van der Waals surface area contributed by atoms with Crippen LogP contribution in [0.3, 0.4) is 0 Å². The smallest absolute Gasteiger partial charge is 0.242 e. The van der Waals surface area contributed by atoms with Gasteiger partial charge in [0, 0.05) is 30.0 Å². The zero-order chi connectivity index (χ0) is 22.0. The Morgan fingerprint density at radius 1 is 1.16 bits per heavy atom. The van der Waals surface area contributed by atoms with Gasteiger partial charge in [0.05, 0.1) is 32.3 Å². The number of hydrogen-bond acceptors (Lipinski definition) is 4. The highest BCUT2D eigenvalue weighted by atomic mass is 16.5. The number of ether oxygens (including phenoxy) is 1. The summed E-state index contributed by atoms with van der Waals surface area (Å²) >= 11 is 0. The Balaban J connectivity index is 1.52. The lowest BCUT2D eigenvalue weighted by atomic mass is 9.73. The lowest BCUT2D eigenvalue weighted by Gasteiger charge is -2.58. The van der Waals surface area contributed by atoms with Gasteiger partial charge in [0.15, 0.2) is 0 Å². The molecule has 0 spiro atoms. The van der Waals surface area contributed by atoms with Crippen LogP contribution >= 0.6 is 0 Å². The molecule has 0 radical (unpaired) electrons. The van der Waals surface area contributed by atoms with Gasteiger partial charge in [-0.1, -0.05) is 37.0 Å². The molecule has 2 aromatic rings. The summed E-state index contributed by atoms with van der Waals surface area (Å²) in [6, 6.07) is 15.2. The van der Waals surface area contributed by atoms with E-state index in [1.165, 1.54) is 0 Å². The van der Waals surface area contributed by atoms with Gasteiger partial charge in [-0.2, -0.15) is 0 Å². The average Bonchev–Trinajstić information content (AvgIpc) is 2.79. The number of hydrogen-bond donors (Lipinski definition) is 1. The molecule has 160 valence electrons. The molecule has 0 bridgehead atoms. The quantitative estimate of drug-likeness (QED) is 0.772. The summed E-state index contributed by atoms with van der Waals surface area (Å²) in [4.78, 5) is 28.1. The number of benzene rings is 2. The fourth-order valence-electron chi connectivity index (χ4n) is 4.55. The minimum atomic E-state index is -0.245. The molecule has 6 heteroatoms. The maximum atomic E-state index is 12.5. The van der Waals surface area contributed by atoms with Crippen molar-refractivity contribution in [1.29, 1.82) is 0 Å². The second kappa shape index (κ2) is 8.83. The first kappa shape index (κ1) is 21.0. The Bertz CT molecular complexity index is 1040. The number of rotatable bonds is 4. The number of carbonyl (C=O) groups excluding carboxylic acids is 2. The van der Waals surface area contributed by atoms with E-state index >= 15 is 0 Å². The third-order valence-electron chi connectivity index (χ3n) is 6.12. The highest BCUT2D eigenvalue weighted by Gasteiger charge is 2.54. The molecule has 0 aromatic heterocycles. The fraction of sp³-hybridized carbons (Fsp3) is 0.360. The van der Waals surface area contributed by atoms with Crippen molar-refractivity contribution < 1.29 is 19.4 Å². The summed E-state index contributed by atoms with van der Waals surface area (Å²) in [5, 5.41) is 9.90. The molecule has 1 N–H and O–H groups in total. The fourth-order valence-corrected chi connectivity index (χ4v) is 4.55. The Morgan fingerprint density at radius 2 is 1.90 bits per heavy atom. The Kier molecular flexibility index (Phi) is 5.97. The Morgan fingerprint density at radius 3 is 2.58 bits per heavy atom. The van der Waals surface area contributed by atoms with Gasteiger partial charge in [-0.3, -0.25) is 9.59 Å². The number of aliphatic hydroxyl groups excluding tert-OH is 1. The van der Waals surface area contributed by atoms with Crippen LogP contribution in [0.4, 0.5) is 0 Å². The minimum absolute atomic E-state index is 0.00167. The molecular formula is C25H26N2O4. The molecular weight excluding hydrogens is 392 g/mol. The summed E-state index contributed by atoms with van der Waals surface area (Å²) < 4.78 is 5.23. The SMILES string of the molecule is CCC(=O)N1CC(=O)N2[C@H](CO)[C@@H](c3ccc(C#Cc4cccc(OC)c4)cc3)[C@H]2C1. The summed E-state index contributed by atoms with van der Waals surface area (Å²) in [5.74, 6) is 6.97. The number of carbonyl (C=O) groups is 2. The maximum Gasteiger partial charge on any atom is 0.242 e. The van der Waals surface area contributed by atoms with Crippen molar-refractivity contribution in [1.82, 2.24) is 9.80 Å². The van der Waals surface area contributed by atoms with Gasteiger partial charge in [0.2, 0.25) is 11.8 Å². The molecule has 2 heterocycles. The molecule has 2 amide bonds. The van der Waals surface area contributed by atoms with Gasteiger partial charge in [0.25, 0.3) is 0 Å². The van der Waals surface area contributed by atoms with Crippen molar-refractivity contribution in [2.75, 3.05) is 26.8 Å². The summed E-state index contributed by atoms with van der Waals surface area (Å²) in [6.45, 7) is 2.33. The van der Waals surface area contributed by atoms with E-state index in [2.05, 4.69) is 11.8 Å². The molecule has 31 heavy (non-hydrogen) atoms. The minimum Gasteiger partial charge on any atom is -0.497 e. The standard InChI is InChI=1S/C25H26N2O4/c1-3-23(29)26-14-21-25(22(16-28)27(21)24(30)15-26)19-11-9-17(10-12-19)7-8-18-5-4-6-20(13-18)31-2/h4-6,9-13,21-22,25,28H,3,14-16H2,1-2H3/t21-,22-,25+/m1/s1. The lowest BCUT2D eigenvalue weighted by molar-refractivity contribution is -0.166. The van der Waals surface area contributed by atoms with Gasteiger partial charge >= 0.3 is 0 Å². The van der Waals surface area contributed by atoms with Crippen molar-refractivity contribution in [2.24, 2.45) is 0 Å². The van der Waals surface area contributed by atoms with E-state index in [4.69, 9.17) is 4.74 Å². The number of piperazine rings is 1. The second-order valence-electron chi connectivity index (χ2n) is 7.88. The van der Waals surface area contributed by atoms with E-state index in [0.717, 1.165) is 22.4 Å². The predicted molar refractivity (Wildman–Crippen MR) is 117 cm³/mol. The third kappa shape index (κ3) is 4.01. The molecule has 2 aromatic carbocycles. The van der Waals surface area contributed by atoms with E-state index in [-0.39, 0.29) is 43.0 Å². The Labute approximate surface area is 182 Å². The molecule has 0 saturated carbocycles. The first-order valence-corrected chi connectivity index (χ1v) is 10.5. The number of fused-ring (bicyclic) bond motifs is 1. The van der Waals surface area contributed by atoms with Crippen LogP contribution in [-0.2, 0) is 9.59 Å². The number of methoxy groups -OCH3 is 1. The largest absolute Gasteiger partial charge is 0.497 e. The third-order valence-corrected chi connectivity index (χ3v) is 6.12. The van der Waals surface area contributed by atoms with Crippen molar-refractivity contribution in [3.05, 3.63) is 65.2 Å². The monoisotopic (exact) mass is 418 g/mol. The molecule has 0 unspecified atom stereocenters. The molecule has 2 fully saturated rings. The van der Waals surface area contributed by atoms with Crippen LogP contribution in [0, 0.1) is 11.8 Å². The van der Waals surface area contributed by atoms with Crippen LogP contribution in [0.25, 0.3) is 0 Å². The normalized spacial score (nSPS) is 22.2. The first-order valence-electron chi connectivity index (χ1n) is 10.5. The van der Waals surface area contributed by atoms with E-state index in [1.807, 2.05) is 48.5 Å². The van der Waals surface area contributed by atoms with Gasteiger partial charge in [-0.05, 0) is 35.9 Å².